The van der Waals surface area contributed by atoms with Crippen LogP contribution in [0.3, 0.4) is 0 Å². The molecule has 0 unspecified atom stereocenters. The highest BCUT2D eigenvalue weighted by molar-refractivity contribution is 6.10. The summed E-state index contributed by atoms with van der Waals surface area (Å²) in [5.41, 5.74) is 6.65. The third-order valence-corrected chi connectivity index (χ3v) is 5.31. The number of carbonyl (C=O) groups excluding carboxylic acids is 2. The van der Waals surface area contributed by atoms with E-state index in [0.717, 1.165) is 10.9 Å². The van der Waals surface area contributed by atoms with Crippen molar-refractivity contribution in [2.45, 2.75) is 6.18 Å². The molecule has 0 fully saturated rings. The monoisotopic (exact) mass is 470 g/mol. The molecule has 3 aromatic carbocycles. The Balaban J connectivity index is 1.58. The van der Waals surface area contributed by atoms with Gasteiger partial charge in [0.05, 0.1) is 11.3 Å². The van der Waals surface area contributed by atoms with Crippen molar-refractivity contribution in [3.8, 4) is 11.1 Å². The van der Waals surface area contributed by atoms with Gasteiger partial charge in [-0.2, -0.15) is 13.2 Å². The van der Waals surface area contributed by atoms with Crippen LogP contribution in [-0.4, -0.2) is 16.5 Å². The van der Waals surface area contributed by atoms with E-state index in [1.165, 1.54) is 0 Å². The van der Waals surface area contributed by atoms with Crippen LogP contribution in [0.1, 0.15) is 16.1 Å². The first kappa shape index (κ1) is 22.8. The number of halogens is 4. The molecule has 0 radical (unpaired) electrons. The Morgan fingerprint density at radius 2 is 1.62 bits per heavy atom. The highest BCUT2D eigenvalue weighted by Crippen LogP contribution is 2.35. The van der Waals surface area contributed by atoms with E-state index in [9.17, 15) is 27.2 Å². The van der Waals surface area contributed by atoms with Crippen molar-refractivity contribution < 1.29 is 27.2 Å². The van der Waals surface area contributed by atoms with Crippen molar-refractivity contribution in [2.24, 2.45) is 12.8 Å². The smallest absolute Gasteiger partial charge is 0.364 e. The average molecular weight is 470 g/mol. The molecule has 0 aliphatic rings. The van der Waals surface area contributed by atoms with Crippen LogP contribution in [0.4, 0.5) is 33.7 Å². The number of primary amides is 1. The molecule has 4 rings (SSSR count). The molecule has 1 aromatic heterocycles. The van der Waals surface area contributed by atoms with E-state index >= 15 is 0 Å². The Bertz CT molecular complexity index is 1410. The number of para-hydroxylation sites is 1. The number of aromatic nitrogens is 1. The van der Waals surface area contributed by atoms with Gasteiger partial charge in [-0.25, -0.2) is 9.18 Å². The van der Waals surface area contributed by atoms with Gasteiger partial charge in [0.2, 0.25) is 0 Å². The fourth-order valence-corrected chi connectivity index (χ4v) is 3.78. The third kappa shape index (κ3) is 4.29. The normalized spacial score (nSPS) is 11.4. The van der Waals surface area contributed by atoms with E-state index in [1.54, 1.807) is 35.9 Å². The Kier molecular flexibility index (Phi) is 5.74. The minimum Gasteiger partial charge on any atom is -0.364 e. The van der Waals surface area contributed by atoms with E-state index in [4.69, 9.17) is 5.73 Å². The third-order valence-electron chi connectivity index (χ3n) is 5.31. The molecule has 3 amide bonds. The van der Waals surface area contributed by atoms with Gasteiger partial charge in [-0.1, -0.05) is 30.3 Å². The Morgan fingerprint density at radius 1 is 0.941 bits per heavy atom. The van der Waals surface area contributed by atoms with Gasteiger partial charge in [-0.05, 0) is 42.0 Å². The molecule has 4 N–H and O–H groups in total. The summed E-state index contributed by atoms with van der Waals surface area (Å²) >= 11 is 0. The van der Waals surface area contributed by atoms with Gasteiger partial charge in [-0.3, -0.25) is 4.79 Å². The van der Waals surface area contributed by atoms with Crippen LogP contribution in [0.5, 0.6) is 0 Å². The molecule has 0 spiro atoms. The van der Waals surface area contributed by atoms with Crippen LogP contribution in [-0.2, 0) is 13.2 Å². The molecule has 1 heterocycles. The Morgan fingerprint density at radius 3 is 2.26 bits per heavy atom. The van der Waals surface area contributed by atoms with Crippen molar-refractivity contribution in [1.82, 2.24) is 4.57 Å². The number of rotatable bonds is 4. The summed E-state index contributed by atoms with van der Waals surface area (Å²) in [6.45, 7) is 0. The second kappa shape index (κ2) is 8.54. The fourth-order valence-electron chi connectivity index (χ4n) is 3.78. The van der Waals surface area contributed by atoms with Gasteiger partial charge < -0.3 is 20.9 Å². The maximum absolute atomic E-state index is 13.9. The number of benzene rings is 3. The highest BCUT2D eigenvalue weighted by atomic mass is 19.4. The van der Waals surface area contributed by atoms with E-state index in [0.29, 0.717) is 40.7 Å². The SMILES string of the molecule is Cn1c(C(N)=O)c(-c2ccc(NC(=O)Nc3cc(C(F)(F)F)ccc3F)cc2)c2ccccc21. The number of hydrogen-bond acceptors (Lipinski definition) is 2. The number of urea groups is 1. The topological polar surface area (TPSA) is 89.2 Å². The standard InChI is InChI=1S/C24H18F4N4O2/c1-32-19-5-3-2-4-16(19)20(21(32)22(29)33)13-6-9-15(10-7-13)30-23(34)31-18-12-14(24(26,27)28)8-11-17(18)25/h2-12H,1H3,(H2,29,33)(H2,30,31,34). The average Bonchev–Trinajstić information content (AvgIpc) is 3.08. The van der Waals surface area contributed by atoms with Crippen LogP contribution in [0, 0.1) is 5.82 Å². The predicted molar refractivity (Wildman–Crippen MR) is 121 cm³/mol. The second-order valence-corrected chi connectivity index (χ2v) is 7.51. The molecule has 0 saturated carbocycles. The minimum atomic E-state index is -4.68. The maximum atomic E-state index is 13.9. The summed E-state index contributed by atoms with van der Waals surface area (Å²) < 4.78 is 54.2. The summed E-state index contributed by atoms with van der Waals surface area (Å²) in [6.07, 6.45) is -4.68. The van der Waals surface area contributed by atoms with Crippen LogP contribution >= 0.6 is 0 Å². The zero-order chi connectivity index (χ0) is 24.6. The lowest BCUT2D eigenvalue weighted by Gasteiger charge is -2.12. The van der Waals surface area contributed by atoms with Crippen LogP contribution in [0.15, 0.2) is 66.7 Å². The number of carbonyl (C=O) groups is 2. The molecule has 0 aliphatic carbocycles. The summed E-state index contributed by atoms with van der Waals surface area (Å²) in [6, 6.07) is 14.6. The van der Waals surface area contributed by atoms with Crippen LogP contribution in [0.25, 0.3) is 22.0 Å². The van der Waals surface area contributed by atoms with Crippen LogP contribution in [0.2, 0.25) is 0 Å². The molecule has 0 bridgehead atoms. The molecule has 34 heavy (non-hydrogen) atoms. The molecule has 0 atom stereocenters. The van der Waals surface area contributed by atoms with Crippen molar-refractivity contribution in [3.05, 3.63) is 83.8 Å². The number of hydrogen-bond donors (Lipinski definition) is 3. The van der Waals surface area contributed by atoms with Crippen molar-refractivity contribution in [3.63, 3.8) is 0 Å². The first-order chi connectivity index (χ1) is 16.1. The summed E-state index contributed by atoms with van der Waals surface area (Å²) in [4.78, 5) is 24.4. The van der Waals surface area contributed by atoms with Gasteiger partial charge in [0.1, 0.15) is 11.5 Å². The first-order valence-electron chi connectivity index (χ1n) is 9.98. The quantitative estimate of drug-likeness (QED) is 0.332. The number of nitrogens with one attached hydrogen (secondary N) is 2. The molecule has 10 heteroatoms. The van der Waals surface area contributed by atoms with E-state index in [1.807, 2.05) is 24.3 Å². The number of nitrogens with zero attached hydrogens (tertiary/aromatic N) is 1. The zero-order valence-electron chi connectivity index (χ0n) is 17.7. The lowest BCUT2D eigenvalue weighted by atomic mass is 10.0. The zero-order valence-corrected chi connectivity index (χ0v) is 17.7. The predicted octanol–water partition coefficient (Wildman–Crippen LogP) is 5.75. The molecule has 0 aliphatic heterocycles. The van der Waals surface area contributed by atoms with E-state index < -0.39 is 35.2 Å². The van der Waals surface area contributed by atoms with Gasteiger partial charge in [0.15, 0.2) is 0 Å². The number of amides is 3. The van der Waals surface area contributed by atoms with Crippen LogP contribution < -0.4 is 16.4 Å². The summed E-state index contributed by atoms with van der Waals surface area (Å²) in [5, 5.41) is 5.34. The molecular weight excluding hydrogens is 452 g/mol. The minimum absolute atomic E-state index is 0.300. The number of anilines is 2. The summed E-state index contributed by atoms with van der Waals surface area (Å²) in [5.74, 6) is -1.60. The van der Waals surface area contributed by atoms with Gasteiger partial charge in [0, 0.05) is 29.2 Å². The highest BCUT2D eigenvalue weighted by Gasteiger charge is 2.31. The van der Waals surface area contributed by atoms with Crippen molar-refractivity contribution in [1.29, 1.82) is 0 Å². The van der Waals surface area contributed by atoms with Gasteiger partial charge >= 0.3 is 12.2 Å². The van der Waals surface area contributed by atoms with E-state index in [2.05, 4.69) is 10.6 Å². The number of fused-ring (bicyclic) bond motifs is 1. The molecular formula is C24H18F4N4O2. The van der Waals surface area contributed by atoms with E-state index in [-0.39, 0.29) is 0 Å². The van der Waals surface area contributed by atoms with Crippen molar-refractivity contribution in [2.75, 3.05) is 10.6 Å². The summed E-state index contributed by atoms with van der Waals surface area (Å²) in [7, 11) is 1.74. The lowest BCUT2D eigenvalue weighted by molar-refractivity contribution is -0.137. The largest absolute Gasteiger partial charge is 0.416 e. The second-order valence-electron chi connectivity index (χ2n) is 7.51. The Hall–Kier alpha value is -4.34. The number of nitrogens with two attached hydrogens (primary N) is 1. The Labute approximate surface area is 191 Å². The molecule has 4 aromatic rings. The molecule has 0 saturated heterocycles. The van der Waals surface area contributed by atoms with Crippen molar-refractivity contribution >= 4 is 34.2 Å². The number of alkyl halides is 3. The van der Waals surface area contributed by atoms with Gasteiger partial charge in [0.25, 0.3) is 5.91 Å². The maximum Gasteiger partial charge on any atom is 0.416 e. The molecule has 6 nitrogen and oxygen atoms in total. The van der Waals surface area contributed by atoms with Gasteiger partial charge in [-0.15, -0.1) is 0 Å². The fraction of sp³-hybridized carbons (Fsp3) is 0.0833. The lowest BCUT2D eigenvalue weighted by Crippen LogP contribution is -2.20. The molecule has 174 valence electrons. The first-order valence-corrected chi connectivity index (χ1v) is 9.98. The number of aryl methyl sites for hydroxylation is 1.